The molecule has 0 saturated heterocycles. The summed E-state index contributed by atoms with van der Waals surface area (Å²) < 4.78 is 27.1. The van der Waals surface area contributed by atoms with Crippen molar-refractivity contribution in [3.8, 4) is 11.1 Å². The number of benzene rings is 2. The standard InChI is InChI=1S/C16H20N2O2S.ClH/c1-16(2,17)12-18-21(19,20)15-10-6-9-14(11-15)13-7-4-3-5-8-13;/h3-11,18H,12,17H2,1-2H3;1H. The van der Waals surface area contributed by atoms with E-state index in [1.165, 1.54) is 0 Å². The first-order valence-electron chi connectivity index (χ1n) is 6.72. The topological polar surface area (TPSA) is 72.2 Å². The number of hydrogen-bond donors (Lipinski definition) is 2. The molecular formula is C16H21ClN2O2S. The summed E-state index contributed by atoms with van der Waals surface area (Å²) in [5, 5.41) is 0. The van der Waals surface area contributed by atoms with Gasteiger partial charge in [-0.25, -0.2) is 13.1 Å². The fraction of sp³-hybridized carbons (Fsp3) is 0.250. The maximum absolute atomic E-state index is 12.3. The van der Waals surface area contributed by atoms with E-state index in [1.807, 2.05) is 36.4 Å². The highest BCUT2D eigenvalue weighted by Gasteiger charge is 2.19. The Kier molecular flexibility index (Phi) is 6.14. The van der Waals surface area contributed by atoms with Crippen molar-refractivity contribution in [1.29, 1.82) is 0 Å². The highest BCUT2D eigenvalue weighted by Crippen LogP contribution is 2.22. The van der Waals surface area contributed by atoms with Crippen LogP contribution in [-0.4, -0.2) is 20.5 Å². The second-order valence-electron chi connectivity index (χ2n) is 5.71. The molecule has 3 N–H and O–H groups in total. The second kappa shape index (κ2) is 7.24. The van der Waals surface area contributed by atoms with Crippen LogP contribution in [0.2, 0.25) is 0 Å². The van der Waals surface area contributed by atoms with E-state index in [9.17, 15) is 8.42 Å². The zero-order chi connectivity index (χ0) is 15.5. The normalized spacial score (nSPS) is 11.8. The van der Waals surface area contributed by atoms with Crippen molar-refractivity contribution >= 4 is 22.4 Å². The van der Waals surface area contributed by atoms with Crippen molar-refractivity contribution in [3.63, 3.8) is 0 Å². The molecule has 4 nitrogen and oxygen atoms in total. The van der Waals surface area contributed by atoms with Crippen molar-refractivity contribution in [3.05, 3.63) is 54.6 Å². The summed E-state index contributed by atoms with van der Waals surface area (Å²) in [4.78, 5) is 0.244. The first-order valence-corrected chi connectivity index (χ1v) is 8.20. The van der Waals surface area contributed by atoms with Gasteiger partial charge >= 0.3 is 0 Å². The van der Waals surface area contributed by atoms with Gasteiger partial charge in [0.25, 0.3) is 0 Å². The second-order valence-corrected chi connectivity index (χ2v) is 7.47. The number of hydrogen-bond acceptors (Lipinski definition) is 3. The predicted octanol–water partition coefficient (Wildman–Crippen LogP) is 2.79. The lowest BCUT2D eigenvalue weighted by atomic mass is 10.1. The minimum absolute atomic E-state index is 0. The maximum atomic E-state index is 12.3. The Balaban J connectivity index is 0.00000242. The first kappa shape index (κ1) is 18.6. The summed E-state index contributed by atoms with van der Waals surface area (Å²) in [5.74, 6) is 0. The van der Waals surface area contributed by atoms with E-state index in [0.29, 0.717) is 0 Å². The maximum Gasteiger partial charge on any atom is 0.240 e. The Morgan fingerprint density at radius 2 is 1.59 bits per heavy atom. The van der Waals surface area contributed by atoms with Crippen molar-refractivity contribution in [2.24, 2.45) is 5.73 Å². The molecular weight excluding hydrogens is 320 g/mol. The van der Waals surface area contributed by atoms with Crippen LogP contribution in [0.5, 0.6) is 0 Å². The van der Waals surface area contributed by atoms with Crippen LogP contribution in [0.15, 0.2) is 59.5 Å². The Morgan fingerprint density at radius 3 is 2.18 bits per heavy atom. The smallest absolute Gasteiger partial charge is 0.240 e. The average molecular weight is 341 g/mol. The number of nitrogens with one attached hydrogen (secondary N) is 1. The molecule has 2 rings (SSSR count). The van der Waals surface area contributed by atoms with Crippen molar-refractivity contribution < 1.29 is 8.42 Å². The molecule has 0 unspecified atom stereocenters. The van der Waals surface area contributed by atoms with Crippen LogP contribution < -0.4 is 10.5 Å². The Bertz CT molecular complexity index is 710. The van der Waals surface area contributed by atoms with E-state index in [-0.39, 0.29) is 23.8 Å². The third-order valence-electron chi connectivity index (χ3n) is 2.97. The van der Waals surface area contributed by atoms with E-state index in [4.69, 9.17) is 5.73 Å². The van der Waals surface area contributed by atoms with Gasteiger partial charge in [0.05, 0.1) is 4.90 Å². The molecule has 2 aromatic carbocycles. The minimum atomic E-state index is -3.55. The Labute approximate surface area is 138 Å². The van der Waals surface area contributed by atoms with Gasteiger partial charge < -0.3 is 5.73 Å². The molecule has 0 radical (unpaired) electrons. The number of sulfonamides is 1. The third-order valence-corrected chi connectivity index (χ3v) is 4.37. The summed E-state index contributed by atoms with van der Waals surface area (Å²) in [7, 11) is -3.55. The van der Waals surface area contributed by atoms with Gasteiger partial charge in [0.15, 0.2) is 0 Å². The Morgan fingerprint density at radius 1 is 1.00 bits per heavy atom. The van der Waals surface area contributed by atoms with Gasteiger partial charge in [-0.3, -0.25) is 0 Å². The lowest BCUT2D eigenvalue weighted by molar-refractivity contribution is 0.498. The van der Waals surface area contributed by atoms with Crippen LogP contribution in [0.3, 0.4) is 0 Å². The Hall–Kier alpha value is -1.40. The lowest BCUT2D eigenvalue weighted by Crippen LogP contribution is -2.45. The van der Waals surface area contributed by atoms with Crippen LogP contribution in [0, 0.1) is 0 Å². The zero-order valence-electron chi connectivity index (χ0n) is 12.6. The largest absolute Gasteiger partial charge is 0.324 e. The van der Waals surface area contributed by atoms with Crippen LogP contribution in [0.4, 0.5) is 0 Å². The molecule has 0 aliphatic rings. The number of nitrogens with two attached hydrogens (primary N) is 1. The van der Waals surface area contributed by atoms with Crippen LogP contribution >= 0.6 is 12.4 Å². The molecule has 0 saturated carbocycles. The summed E-state index contributed by atoms with van der Waals surface area (Å²) in [5.41, 5.74) is 7.07. The van der Waals surface area contributed by atoms with E-state index in [1.54, 1.807) is 32.0 Å². The monoisotopic (exact) mass is 340 g/mol. The zero-order valence-corrected chi connectivity index (χ0v) is 14.2. The van der Waals surface area contributed by atoms with Crippen LogP contribution in [-0.2, 0) is 10.0 Å². The number of halogens is 1. The van der Waals surface area contributed by atoms with E-state index >= 15 is 0 Å². The first-order chi connectivity index (χ1) is 9.78. The van der Waals surface area contributed by atoms with Gasteiger partial charge in [-0.2, -0.15) is 0 Å². The molecule has 0 spiro atoms. The van der Waals surface area contributed by atoms with Gasteiger partial charge in [-0.15, -0.1) is 12.4 Å². The highest BCUT2D eigenvalue weighted by molar-refractivity contribution is 7.89. The molecule has 0 fully saturated rings. The van der Waals surface area contributed by atoms with Crippen molar-refractivity contribution in [1.82, 2.24) is 4.72 Å². The highest BCUT2D eigenvalue weighted by atomic mass is 35.5. The molecule has 0 aliphatic carbocycles. The molecule has 0 atom stereocenters. The summed E-state index contributed by atoms with van der Waals surface area (Å²) >= 11 is 0. The molecule has 2 aromatic rings. The van der Waals surface area contributed by atoms with Gasteiger partial charge in [0, 0.05) is 12.1 Å². The quantitative estimate of drug-likeness (QED) is 0.879. The molecule has 120 valence electrons. The molecule has 0 amide bonds. The lowest BCUT2D eigenvalue weighted by Gasteiger charge is -2.19. The van der Waals surface area contributed by atoms with E-state index < -0.39 is 15.6 Å². The van der Waals surface area contributed by atoms with E-state index in [2.05, 4.69) is 4.72 Å². The van der Waals surface area contributed by atoms with Crippen LogP contribution in [0.1, 0.15) is 13.8 Å². The number of rotatable bonds is 5. The molecule has 6 heteroatoms. The summed E-state index contributed by atoms with van der Waals surface area (Å²) in [6.07, 6.45) is 0. The third kappa shape index (κ3) is 5.10. The fourth-order valence-electron chi connectivity index (χ4n) is 1.84. The minimum Gasteiger partial charge on any atom is -0.324 e. The summed E-state index contributed by atoms with van der Waals surface area (Å²) in [6, 6.07) is 16.5. The molecule has 22 heavy (non-hydrogen) atoms. The molecule has 0 aliphatic heterocycles. The van der Waals surface area contributed by atoms with Crippen molar-refractivity contribution in [2.75, 3.05) is 6.54 Å². The van der Waals surface area contributed by atoms with Crippen molar-refractivity contribution in [2.45, 2.75) is 24.3 Å². The van der Waals surface area contributed by atoms with Crippen LogP contribution in [0.25, 0.3) is 11.1 Å². The SMILES string of the molecule is CC(C)(N)CNS(=O)(=O)c1cccc(-c2ccccc2)c1.Cl. The van der Waals surface area contributed by atoms with Gasteiger partial charge in [0.2, 0.25) is 10.0 Å². The average Bonchev–Trinajstić information content (AvgIpc) is 2.46. The predicted molar refractivity (Wildman–Crippen MR) is 92.6 cm³/mol. The molecule has 0 aromatic heterocycles. The fourth-order valence-corrected chi connectivity index (χ4v) is 3.11. The molecule has 0 bridgehead atoms. The van der Waals surface area contributed by atoms with E-state index in [0.717, 1.165) is 11.1 Å². The van der Waals surface area contributed by atoms with Gasteiger partial charge in [-0.1, -0.05) is 42.5 Å². The summed E-state index contributed by atoms with van der Waals surface area (Å²) in [6.45, 7) is 3.73. The van der Waals surface area contributed by atoms with Gasteiger partial charge in [0.1, 0.15) is 0 Å². The molecule has 0 heterocycles. The van der Waals surface area contributed by atoms with Gasteiger partial charge in [-0.05, 0) is 37.1 Å².